The highest BCUT2D eigenvalue weighted by Gasteiger charge is 2.30. The molecular formula is C15H22ClNO2S. The molecule has 2 rings (SSSR count). The molecule has 0 N–H and O–H groups in total. The predicted octanol–water partition coefficient (Wildman–Crippen LogP) is 3.77. The molecule has 1 aliphatic carbocycles. The first-order valence-corrected chi connectivity index (χ1v) is 9.23. The van der Waals surface area contributed by atoms with Crippen molar-refractivity contribution in [1.29, 1.82) is 0 Å². The van der Waals surface area contributed by atoms with Crippen molar-refractivity contribution in [2.75, 3.05) is 6.54 Å². The Morgan fingerprint density at radius 3 is 2.25 bits per heavy atom. The van der Waals surface area contributed by atoms with E-state index < -0.39 is 10.0 Å². The minimum atomic E-state index is -3.39. The van der Waals surface area contributed by atoms with Crippen molar-refractivity contribution in [1.82, 2.24) is 4.31 Å². The van der Waals surface area contributed by atoms with Crippen LogP contribution in [-0.2, 0) is 15.9 Å². The SMILES string of the molecule is CCN(C1CCCCC1)S(=O)(=O)c1ccc(CCl)cc1. The van der Waals surface area contributed by atoms with E-state index in [9.17, 15) is 8.42 Å². The van der Waals surface area contributed by atoms with Crippen molar-refractivity contribution in [3.8, 4) is 0 Å². The molecule has 0 unspecified atom stereocenters. The molecule has 20 heavy (non-hydrogen) atoms. The van der Waals surface area contributed by atoms with Crippen LogP contribution in [0.1, 0.15) is 44.6 Å². The van der Waals surface area contributed by atoms with Crippen molar-refractivity contribution in [3.63, 3.8) is 0 Å². The van der Waals surface area contributed by atoms with Crippen molar-refractivity contribution in [2.45, 2.75) is 55.8 Å². The summed E-state index contributed by atoms with van der Waals surface area (Å²) in [5.41, 5.74) is 0.936. The van der Waals surface area contributed by atoms with Gasteiger partial charge in [-0.1, -0.05) is 38.3 Å². The number of nitrogens with zero attached hydrogens (tertiary/aromatic N) is 1. The fraction of sp³-hybridized carbons (Fsp3) is 0.600. The lowest BCUT2D eigenvalue weighted by Gasteiger charge is -2.32. The van der Waals surface area contributed by atoms with Gasteiger partial charge in [0.25, 0.3) is 0 Å². The van der Waals surface area contributed by atoms with Crippen LogP contribution in [0.3, 0.4) is 0 Å². The summed E-state index contributed by atoms with van der Waals surface area (Å²) in [6, 6.07) is 7.06. The van der Waals surface area contributed by atoms with Gasteiger partial charge in [-0.3, -0.25) is 0 Å². The van der Waals surface area contributed by atoms with E-state index in [4.69, 9.17) is 11.6 Å². The monoisotopic (exact) mass is 315 g/mol. The van der Waals surface area contributed by atoms with Gasteiger partial charge in [-0.25, -0.2) is 8.42 Å². The molecule has 0 aliphatic heterocycles. The molecule has 1 fully saturated rings. The number of benzene rings is 1. The minimum absolute atomic E-state index is 0.159. The van der Waals surface area contributed by atoms with Crippen LogP contribution < -0.4 is 0 Å². The van der Waals surface area contributed by atoms with Gasteiger partial charge in [-0.05, 0) is 30.5 Å². The molecule has 112 valence electrons. The van der Waals surface area contributed by atoms with E-state index in [1.165, 1.54) is 6.42 Å². The van der Waals surface area contributed by atoms with Crippen LogP contribution in [-0.4, -0.2) is 25.3 Å². The molecule has 0 amide bonds. The van der Waals surface area contributed by atoms with Crippen LogP contribution in [0.25, 0.3) is 0 Å². The van der Waals surface area contributed by atoms with E-state index in [0.717, 1.165) is 31.2 Å². The second-order valence-electron chi connectivity index (χ2n) is 5.28. The molecule has 1 aromatic carbocycles. The van der Waals surface area contributed by atoms with Gasteiger partial charge in [0.05, 0.1) is 4.90 Å². The summed E-state index contributed by atoms with van der Waals surface area (Å²) < 4.78 is 27.2. The summed E-state index contributed by atoms with van der Waals surface area (Å²) in [4.78, 5) is 0.374. The first kappa shape index (κ1) is 15.8. The zero-order chi connectivity index (χ0) is 14.6. The first-order chi connectivity index (χ1) is 9.59. The van der Waals surface area contributed by atoms with Crippen LogP contribution in [0.2, 0.25) is 0 Å². The zero-order valence-electron chi connectivity index (χ0n) is 11.9. The van der Waals surface area contributed by atoms with Crippen LogP contribution >= 0.6 is 11.6 Å². The van der Waals surface area contributed by atoms with Crippen LogP contribution in [0.4, 0.5) is 0 Å². The third-order valence-electron chi connectivity index (χ3n) is 3.98. The average Bonchev–Trinajstić information content (AvgIpc) is 2.49. The van der Waals surface area contributed by atoms with Gasteiger partial charge in [0.15, 0.2) is 0 Å². The Hall–Kier alpha value is -0.580. The third-order valence-corrected chi connectivity index (χ3v) is 6.33. The van der Waals surface area contributed by atoms with Gasteiger partial charge in [0.2, 0.25) is 10.0 Å². The second kappa shape index (κ2) is 6.92. The highest BCUT2D eigenvalue weighted by molar-refractivity contribution is 7.89. The second-order valence-corrected chi connectivity index (χ2v) is 7.44. The largest absolute Gasteiger partial charge is 0.243 e. The maximum atomic E-state index is 12.8. The summed E-state index contributed by atoms with van der Waals surface area (Å²) in [5.74, 6) is 0.403. The van der Waals surface area contributed by atoms with Gasteiger partial charge in [-0.2, -0.15) is 4.31 Å². The molecule has 3 nitrogen and oxygen atoms in total. The van der Waals surface area contributed by atoms with Crippen molar-refractivity contribution in [3.05, 3.63) is 29.8 Å². The summed E-state index contributed by atoms with van der Waals surface area (Å²) in [6.45, 7) is 2.45. The lowest BCUT2D eigenvalue weighted by molar-refractivity contribution is 0.261. The Morgan fingerprint density at radius 2 is 1.75 bits per heavy atom. The van der Waals surface area contributed by atoms with Gasteiger partial charge in [0.1, 0.15) is 0 Å². The maximum absolute atomic E-state index is 12.8. The maximum Gasteiger partial charge on any atom is 0.243 e. The third kappa shape index (κ3) is 3.35. The standard InChI is InChI=1S/C15H22ClNO2S/c1-2-17(14-6-4-3-5-7-14)20(18,19)15-10-8-13(12-16)9-11-15/h8-11,14H,2-7,12H2,1H3. The van der Waals surface area contributed by atoms with Crippen LogP contribution in [0, 0.1) is 0 Å². The van der Waals surface area contributed by atoms with Crippen molar-refractivity contribution >= 4 is 21.6 Å². The minimum Gasteiger partial charge on any atom is -0.207 e. The first-order valence-electron chi connectivity index (χ1n) is 7.26. The molecule has 0 bridgehead atoms. The predicted molar refractivity (Wildman–Crippen MR) is 82.4 cm³/mol. The molecule has 0 atom stereocenters. The topological polar surface area (TPSA) is 37.4 Å². The molecule has 0 heterocycles. The Labute approximate surface area is 127 Å². The highest BCUT2D eigenvalue weighted by atomic mass is 35.5. The molecule has 1 aromatic rings. The smallest absolute Gasteiger partial charge is 0.207 e. The lowest BCUT2D eigenvalue weighted by Crippen LogP contribution is -2.41. The number of hydrogen-bond acceptors (Lipinski definition) is 2. The summed E-state index contributed by atoms with van der Waals surface area (Å²) in [6.07, 6.45) is 5.43. The van der Waals surface area contributed by atoms with Gasteiger partial charge >= 0.3 is 0 Å². The number of halogens is 1. The zero-order valence-corrected chi connectivity index (χ0v) is 13.5. The van der Waals surface area contributed by atoms with E-state index >= 15 is 0 Å². The quantitative estimate of drug-likeness (QED) is 0.776. The lowest BCUT2D eigenvalue weighted by atomic mass is 9.95. The fourth-order valence-electron chi connectivity index (χ4n) is 2.88. The Bertz CT molecular complexity index is 521. The number of alkyl halides is 1. The summed E-state index contributed by atoms with van der Waals surface area (Å²) in [7, 11) is -3.39. The van der Waals surface area contributed by atoms with E-state index in [1.807, 2.05) is 6.92 Å². The van der Waals surface area contributed by atoms with Crippen molar-refractivity contribution < 1.29 is 8.42 Å². The molecule has 0 radical (unpaired) electrons. The van der Waals surface area contributed by atoms with Gasteiger partial charge in [-0.15, -0.1) is 11.6 Å². The Balaban J connectivity index is 2.25. The van der Waals surface area contributed by atoms with Gasteiger partial charge < -0.3 is 0 Å². The van der Waals surface area contributed by atoms with E-state index in [0.29, 0.717) is 17.3 Å². The van der Waals surface area contributed by atoms with E-state index in [1.54, 1.807) is 28.6 Å². The summed E-state index contributed by atoms with van der Waals surface area (Å²) >= 11 is 5.75. The normalized spacial score (nSPS) is 17.6. The van der Waals surface area contributed by atoms with Crippen LogP contribution in [0.5, 0.6) is 0 Å². The molecule has 5 heteroatoms. The van der Waals surface area contributed by atoms with Crippen molar-refractivity contribution in [2.24, 2.45) is 0 Å². The van der Waals surface area contributed by atoms with Crippen LogP contribution in [0.15, 0.2) is 29.2 Å². The number of hydrogen-bond donors (Lipinski definition) is 0. The van der Waals surface area contributed by atoms with E-state index in [-0.39, 0.29) is 6.04 Å². The fourth-order valence-corrected chi connectivity index (χ4v) is 4.75. The number of rotatable bonds is 5. The Kier molecular flexibility index (Phi) is 5.47. The molecular weight excluding hydrogens is 294 g/mol. The molecule has 0 aromatic heterocycles. The molecule has 0 spiro atoms. The average molecular weight is 316 g/mol. The Morgan fingerprint density at radius 1 is 1.15 bits per heavy atom. The van der Waals surface area contributed by atoms with E-state index in [2.05, 4.69) is 0 Å². The molecule has 1 aliphatic rings. The highest BCUT2D eigenvalue weighted by Crippen LogP contribution is 2.27. The van der Waals surface area contributed by atoms with Gasteiger partial charge in [0, 0.05) is 18.5 Å². The number of sulfonamides is 1. The molecule has 0 saturated heterocycles. The molecule has 1 saturated carbocycles. The summed E-state index contributed by atoms with van der Waals surface area (Å²) in [5, 5.41) is 0.